The van der Waals surface area contributed by atoms with E-state index in [4.69, 9.17) is 0 Å². The van der Waals surface area contributed by atoms with Crippen molar-refractivity contribution in [2.45, 2.75) is 46.0 Å². The number of likely N-dealkylation sites (tertiary alicyclic amines) is 1. The monoisotopic (exact) mass is 381 g/mol. The van der Waals surface area contributed by atoms with E-state index in [0.29, 0.717) is 12.3 Å². The van der Waals surface area contributed by atoms with Crippen LogP contribution in [0.1, 0.15) is 43.3 Å². The molecule has 2 heterocycles. The summed E-state index contributed by atoms with van der Waals surface area (Å²) >= 11 is 1.69. The number of carbonyl (C=O) groups is 1. The Bertz CT molecular complexity index is 448. The van der Waals surface area contributed by atoms with Gasteiger partial charge < -0.3 is 10.2 Å². The lowest BCUT2D eigenvalue weighted by molar-refractivity contribution is -0.132. The maximum Gasteiger partial charge on any atom is 0.222 e. The second-order valence-electron chi connectivity index (χ2n) is 5.84. The van der Waals surface area contributed by atoms with Crippen molar-refractivity contribution < 1.29 is 4.79 Å². The van der Waals surface area contributed by atoms with Crippen molar-refractivity contribution in [2.75, 3.05) is 26.2 Å². The molecule has 1 aliphatic rings. The van der Waals surface area contributed by atoms with E-state index in [1.54, 1.807) is 11.3 Å². The average Bonchev–Trinajstić information content (AvgIpc) is 2.91. The first-order valence-electron chi connectivity index (χ1n) is 8.08. The molecule has 1 fully saturated rings. The highest BCUT2D eigenvalue weighted by Gasteiger charge is 2.21. The summed E-state index contributed by atoms with van der Waals surface area (Å²) in [5.41, 5.74) is 1.13. The second-order valence-corrected chi connectivity index (χ2v) is 6.91. The zero-order valence-electron chi connectivity index (χ0n) is 14.0. The van der Waals surface area contributed by atoms with Gasteiger partial charge in [-0.2, -0.15) is 0 Å². The number of hydrogen-bond acceptors (Lipinski definition) is 4. The van der Waals surface area contributed by atoms with Gasteiger partial charge in [-0.25, -0.2) is 4.98 Å². The van der Waals surface area contributed by atoms with Gasteiger partial charge in [0.2, 0.25) is 5.91 Å². The summed E-state index contributed by atoms with van der Waals surface area (Å²) in [5.74, 6) is 1.07. The zero-order valence-corrected chi connectivity index (χ0v) is 16.5. The van der Waals surface area contributed by atoms with Crippen LogP contribution < -0.4 is 5.32 Å². The van der Waals surface area contributed by atoms with Gasteiger partial charge in [0, 0.05) is 24.9 Å². The van der Waals surface area contributed by atoms with Crippen LogP contribution in [0.4, 0.5) is 0 Å². The van der Waals surface area contributed by atoms with Crippen LogP contribution in [-0.2, 0) is 11.2 Å². The summed E-state index contributed by atoms with van der Waals surface area (Å²) in [6, 6.07) is 0. The van der Waals surface area contributed by atoms with Gasteiger partial charge in [0.1, 0.15) is 0 Å². The average molecular weight is 382 g/mol. The minimum Gasteiger partial charge on any atom is -0.343 e. The molecular weight excluding hydrogens is 353 g/mol. The van der Waals surface area contributed by atoms with E-state index >= 15 is 0 Å². The summed E-state index contributed by atoms with van der Waals surface area (Å²) < 4.78 is 0. The third-order valence-electron chi connectivity index (χ3n) is 4.14. The van der Waals surface area contributed by atoms with Gasteiger partial charge in [-0.3, -0.25) is 4.79 Å². The third-order valence-corrected chi connectivity index (χ3v) is 4.96. The summed E-state index contributed by atoms with van der Waals surface area (Å²) in [4.78, 5) is 18.7. The standard InChI is InChI=1S/C16H27N3OS.2ClH/c1-3-17-11-14-7-9-19(10-8-14)16(20)6-4-5-15-12-21-13(2)18-15;;/h12,14,17H,3-11H2,1-2H3;2*1H. The van der Waals surface area contributed by atoms with Crippen molar-refractivity contribution in [1.82, 2.24) is 15.2 Å². The van der Waals surface area contributed by atoms with Crippen LogP contribution in [0.5, 0.6) is 0 Å². The number of rotatable bonds is 7. The van der Waals surface area contributed by atoms with Crippen LogP contribution in [0.25, 0.3) is 0 Å². The van der Waals surface area contributed by atoms with E-state index in [0.717, 1.165) is 68.5 Å². The van der Waals surface area contributed by atoms with Gasteiger partial charge in [0.05, 0.1) is 10.7 Å². The Morgan fingerprint density at radius 2 is 2.09 bits per heavy atom. The molecule has 0 atom stereocenters. The number of halogens is 2. The normalized spacial score (nSPS) is 15.0. The van der Waals surface area contributed by atoms with Crippen LogP contribution >= 0.6 is 36.2 Å². The molecule has 1 saturated heterocycles. The van der Waals surface area contributed by atoms with Gasteiger partial charge in [-0.15, -0.1) is 36.2 Å². The second kappa shape index (κ2) is 12.1. The van der Waals surface area contributed by atoms with Gasteiger partial charge in [-0.1, -0.05) is 6.92 Å². The lowest BCUT2D eigenvalue weighted by atomic mass is 9.96. The Balaban J connectivity index is 0.00000242. The molecule has 0 bridgehead atoms. The molecular formula is C16H29Cl2N3OS. The van der Waals surface area contributed by atoms with Crippen molar-refractivity contribution in [3.05, 3.63) is 16.1 Å². The summed E-state index contributed by atoms with van der Waals surface area (Å²) in [5, 5.41) is 6.62. The van der Waals surface area contributed by atoms with Crippen LogP contribution in [0.15, 0.2) is 5.38 Å². The Morgan fingerprint density at radius 1 is 1.39 bits per heavy atom. The largest absolute Gasteiger partial charge is 0.343 e. The molecule has 134 valence electrons. The van der Waals surface area contributed by atoms with E-state index in [1.807, 2.05) is 6.92 Å². The first-order valence-corrected chi connectivity index (χ1v) is 8.96. The molecule has 0 spiro atoms. The number of hydrogen-bond donors (Lipinski definition) is 1. The summed E-state index contributed by atoms with van der Waals surface area (Å²) in [6.07, 6.45) is 4.79. The van der Waals surface area contributed by atoms with Crippen LogP contribution in [0.3, 0.4) is 0 Å². The van der Waals surface area contributed by atoms with Crippen LogP contribution in [-0.4, -0.2) is 42.0 Å². The van der Waals surface area contributed by atoms with E-state index in [9.17, 15) is 4.79 Å². The molecule has 1 aromatic rings. The highest BCUT2D eigenvalue weighted by Crippen LogP contribution is 2.18. The number of aryl methyl sites for hydroxylation is 2. The first kappa shape index (κ1) is 22.6. The van der Waals surface area contributed by atoms with Gasteiger partial charge in [-0.05, 0) is 51.6 Å². The minimum atomic E-state index is 0. The molecule has 4 nitrogen and oxygen atoms in total. The van der Waals surface area contributed by atoms with Crippen molar-refractivity contribution in [2.24, 2.45) is 5.92 Å². The Kier molecular flexibility index (Phi) is 11.9. The van der Waals surface area contributed by atoms with E-state index in [1.165, 1.54) is 0 Å². The molecule has 23 heavy (non-hydrogen) atoms. The first-order chi connectivity index (χ1) is 10.2. The van der Waals surface area contributed by atoms with Crippen LogP contribution in [0, 0.1) is 12.8 Å². The highest BCUT2D eigenvalue weighted by molar-refractivity contribution is 7.09. The molecule has 0 unspecified atom stereocenters. The predicted octanol–water partition coefficient (Wildman–Crippen LogP) is 3.47. The summed E-state index contributed by atoms with van der Waals surface area (Å²) in [6.45, 7) is 8.17. The third kappa shape index (κ3) is 7.84. The smallest absolute Gasteiger partial charge is 0.222 e. The highest BCUT2D eigenvalue weighted by atomic mass is 35.5. The molecule has 1 aliphatic heterocycles. The molecule has 0 radical (unpaired) electrons. The molecule has 0 aliphatic carbocycles. The van der Waals surface area contributed by atoms with E-state index in [2.05, 4.69) is 27.5 Å². The number of carbonyl (C=O) groups excluding carboxylic acids is 1. The van der Waals surface area contributed by atoms with E-state index in [-0.39, 0.29) is 24.8 Å². The summed E-state index contributed by atoms with van der Waals surface area (Å²) in [7, 11) is 0. The molecule has 7 heteroatoms. The quantitative estimate of drug-likeness (QED) is 0.786. The fourth-order valence-electron chi connectivity index (χ4n) is 2.84. The number of nitrogens with one attached hydrogen (secondary N) is 1. The van der Waals surface area contributed by atoms with Crippen LogP contribution in [0.2, 0.25) is 0 Å². The number of amides is 1. The zero-order chi connectivity index (χ0) is 15.1. The van der Waals surface area contributed by atoms with Gasteiger partial charge >= 0.3 is 0 Å². The fraction of sp³-hybridized carbons (Fsp3) is 0.750. The maximum atomic E-state index is 12.2. The maximum absolute atomic E-state index is 12.2. The number of piperidine rings is 1. The molecule has 0 saturated carbocycles. The molecule has 1 amide bonds. The van der Waals surface area contributed by atoms with Crippen molar-refractivity contribution in [3.63, 3.8) is 0 Å². The van der Waals surface area contributed by atoms with Gasteiger partial charge in [0.15, 0.2) is 0 Å². The lowest BCUT2D eigenvalue weighted by Gasteiger charge is -2.32. The predicted molar refractivity (Wildman–Crippen MR) is 102 cm³/mol. The SMILES string of the molecule is CCNCC1CCN(C(=O)CCCc2csc(C)n2)CC1.Cl.Cl. The Labute approximate surface area is 156 Å². The van der Waals surface area contributed by atoms with Gasteiger partial charge in [0.25, 0.3) is 0 Å². The lowest BCUT2D eigenvalue weighted by Crippen LogP contribution is -2.40. The molecule has 2 rings (SSSR count). The number of thiazole rings is 1. The fourth-order valence-corrected chi connectivity index (χ4v) is 3.48. The topological polar surface area (TPSA) is 45.2 Å². The number of nitrogens with zero attached hydrogens (tertiary/aromatic N) is 2. The molecule has 0 aromatic carbocycles. The number of aromatic nitrogens is 1. The van der Waals surface area contributed by atoms with Crippen molar-refractivity contribution in [1.29, 1.82) is 0 Å². The molecule has 1 N–H and O–H groups in total. The Hall–Kier alpha value is -0.360. The Morgan fingerprint density at radius 3 is 2.65 bits per heavy atom. The minimum absolute atomic E-state index is 0. The van der Waals surface area contributed by atoms with Crippen molar-refractivity contribution >= 4 is 42.1 Å². The van der Waals surface area contributed by atoms with E-state index < -0.39 is 0 Å². The van der Waals surface area contributed by atoms with Crippen molar-refractivity contribution in [3.8, 4) is 0 Å². The molecule has 1 aromatic heterocycles.